The molecule has 22 heavy (non-hydrogen) atoms. The Bertz CT molecular complexity index is 628. The highest BCUT2D eigenvalue weighted by molar-refractivity contribution is 7.16. The lowest BCUT2D eigenvalue weighted by molar-refractivity contribution is 0.0758. The van der Waals surface area contributed by atoms with Gasteiger partial charge in [-0.05, 0) is 25.3 Å². The first-order valence-corrected chi connectivity index (χ1v) is 8.65. The molecule has 1 heterocycles. The SMILES string of the molecule is CCCN(CCC)C(=O)c1c(N)sc(C)c1-c1ccccc1. The van der Waals surface area contributed by atoms with Gasteiger partial charge in [0.2, 0.25) is 0 Å². The van der Waals surface area contributed by atoms with Crippen LogP contribution >= 0.6 is 11.3 Å². The van der Waals surface area contributed by atoms with E-state index in [1.807, 2.05) is 42.2 Å². The van der Waals surface area contributed by atoms with E-state index in [0.29, 0.717) is 10.6 Å². The second kappa shape index (κ2) is 7.45. The summed E-state index contributed by atoms with van der Waals surface area (Å²) in [7, 11) is 0. The van der Waals surface area contributed by atoms with E-state index in [9.17, 15) is 4.79 Å². The molecule has 0 spiro atoms. The van der Waals surface area contributed by atoms with Crippen LogP contribution in [-0.2, 0) is 0 Å². The minimum Gasteiger partial charge on any atom is -0.390 e. The lowest BCUT2D eigenvalue weighted by atomic mass is 10.0. The molecule has 0 aliphatic heterocycles. The van der Waals surface area contributed by atoms with E-state index in [1.54, 1.807) is 0 Å². The van der Waals surface area contributed by atoms with Crippen LogP contribution in [0.5, 0.6) is 0 Å². The molecule has 0 bridgehead atoms. The van der Waals surface area contributed by atoms with Gasteiger partial charge in [-0.15, -0.1) is 11.3 Å². The molecule has 0 radical (unpaired) electrons. The Balaban J connectivity index is 2.48. The fraction of sp³-hybridized carbons (Fsp3) is 0.389. The Labute approximate surface area is 136 Å². The van der Waals surface area contributed by atoms with Crippen LogP contribution in [0.2, 0.25) is 0 Å². The lowest BCUT2D eigenvalue weighted by Gasteiger charge is -2.22. The molecule has 0 unspecified atom stereocenters. The fourth-order valence-electron chi connectivity index (χ4n) is 2.74. The zero-order chi connectivity index (χ0) is 16.1. The molecule has 2 N–H and O–H groups in total. The molecule has 2 aromatic rings. The first-order valence-electron chi connectivity index (χ1n) is 7.83. The van der Waals surface area contributed by atoms with Gasteiger partial charge in [-0.3, -0.25) is 4.79 Å². The highest BCUT2D eigenvalue weighted by atomic mass is 32.1. The normalized spacial score (nSPS) is 10.7. The number of nitrogens with zero attached hydrogens (tertiary/aromatic N) is 1. The Hall–Kier alpha value is -1.81. The zero-order valence-electron chi connectivity index (χ0n) is 13.6. The van der Waals surface area contributed by atoms with Crippen LogP contribution in [0.4, 0.5) is 5.00 Å². The van der Waals surface area contributed by atoms with Crippen LogP contribution in [0.1, 0.15) is 41.9 Å². The van der Waals surface area contributed by atoms with E-state index < -0.39 is 0 Å². The lowest BCUT2D eigenvalue weighted by Crippen LogP contribution is -2.33. The second-order valence-electron chi connectivity index (χ2n) is 5.43. The summed E-state index contributed by atoms with van der Waals surface area (Å²) < 4.78 is 0. The van der Waals surface area contributed by atoms with Crippen molar-refractivity contribution in [2.75, 3.05) is 18.8 Å². The van der Waals surface area contributed by atoms with E-state index in [4.69, 9.17) is 5.73 Å². The van der Waals surface area contributed by atoms with Gasteiger partial charge in [0.05, 0.1) is 10.6 Å². The number of benzene rings is 1. The smallest absolute Gasteiger partial charge is 0.257 e. The standard InChI is InChI=1S/C18H24N2OS/c1-4-11-20(12-5-2)18(21)16-15(13(3)22-17(16)19)14-9-7-6-8-10-14/h6-10H,4-5,11-12,19H2,1-3H3. The number of carbonyl (C=O) groups is 1. The van der Waals surface area contributed by atoms with Gasteiger partial charge in [0, 0.05) is 23.5 Å². The quantitative estimate of drug-likeness (QED) is 0.848. The van der Waals surface area contributed by atoms with Gasteiger partial charge >= 0.3 is 0 Å². The number of hydrogen-bond donors (Lipinski definition) is 1. The predicted octanol–water partition coefficient (Wildman–Crippen LogP) is 4.57. The molecule has 0 saturated carbocycles. The van der Waals surface area contributed by atoms with Crippen molar-refractivity contribution in [3.05, 3.63) is 40.8 Å². The van der Waals surface area contributed by atoms with Crippen molar-refractivity contribution >= 4 is 22.2 Å². The van der Waals surface area contributed by atoms with Gasteiger partial charge < -0.3 is 10.6 Å². The molecule has 0 aliphatic rings. The largest absolute Gasteiger partial charge is 0.390 e. The fourth-order valence-corrected chi connectivity index (χ4v) is 3.69. The van der Waals surface area contributed by atoms with E-state index >= 15 is 0 Å². The van der Waals surface area contributed by atoms with E-state index in [-0.39, 0.29) is 5.91 Å². The summed E-state index contributed by atoms with van der Waals surface area (Å²) in [4.78, 5) is 16.0. The van der Waals surface area contributed by atoms with Gasteiger partial charge in [0.25, 0.3) is 5.91 Å². The highest BCUT2D eigenvalue weighted by Gasteiger charge is 2.25. The number of amides is 1. The number of rotatable bonds is 6. The molecule has 0 fully saturated rings. The molecule has 2 rings (SSSR count). The van der Waals surface area contributed by atoms with Gasteiger partial charge in [-0.2, -0.15) is 0 Å². The minimum atomic E-state index is 0.0596. The zero-order valence-corrected chi connectivity index (χ0v) is 14.4. The summed E-state index contributed by atoms with van der Waals surface area (Å²) in [5.74, 6) is 0.0596. The van der Waals surface area contributed by atoms with E-state index in [2.05, 4.69) is 13.8 Å². The molecule has 0 atom stereocenters. The van der Waals surface area contributed by atoms with Crippen molar-refractivity contribution in [1.82, 2.24) is 4.90 Å². The summed E-state index contributed by atoms with van der Waals surface area (Å²) in [6.45, 7) is 7.77. The summed E-state index contributed by atoms with van der Waals surface area (Å²) in [6.07, 6.45) is 1.91. The van der Waals surface area contributed by atoms with Gasteiger partial charge in [-0.25, -0.2) is 0 Å². The maximum Gasteiger partial charge on any atom is 0.257 e. The third-order valence-electron chi connectivity index (χ3n) is 3.66. The number of aryl methyl sites for hydroxylation is 1. The molecule has 1 amide bonds. The van der Waals surface area contributed by atoms with Crippen molar-refractivity contribution < 1.29 is 4.79 Å². The molecular weight excluding hydrogens is 292 g/mol. The molecule has 4 heteroatoms. The topological polar surface area (TPSA) is 46.3 Å². The van der Waals surface area contributed by atoms with Crippen molar-refractivity contribution in [2.45, 2.75) is 33.6 Å². The number of nitrogens with two attached hydrogens (primary N) is 1. The molecule has 118 valence electrons. The molecule has 0 aliphatic carbocycles. The number of hydrogen-bond acceptors (Lipinski definition) is 3. The van der Waals surface area contributed by atoms with Crippen LogP contribution < -0.4 is 5.73 Å². The van der Waals surface area contributed by atoms with Gasteiger partial charge in [-0.1, -0.05) is 44.2 Å². The highest BCUT2D eigenvalue weighted by Crippen LogP contribution is 2.38. The van der Waals surface area contributed by atoms with Gasteiger partial charge in [0.15, 0.2) is 0 Å². The van der Waals surface area contributed by atoms with Crippen LogP contribution in [-0.4, -0.2) is 23.9 Å². The van der Waals surface area contributed by atoms with Crippen LogP contribution in [0.3, 0.4) is 0 Å². The summed E-state index contributed by atoms with van der Waals surface area (Å²) >= 11 is 1.50. The maximum absolute atomic E-state index is 13.0. The Morgan fingerprint density at radius 2 is 1.73 bits per heavy atom. The van der Waals surface area contributed by atoms with Crippen molar-refractivity contribution in [3.8, 4) is 11.1 Å². The number of carbonyl (C=O) groups excluding carboxylic acids is 1. The third kappa shape index (κ3) is 3.33. The Morgan fingerprint density at radius 1 is 1.14 bits per heavy atom. The van der Waals surface area contributed by atoms with Crippen LogP contribution in [0.25, 0.3) is 11.1 Å². The Morgan fingerprint density at radius 3 is 2.27 bits per heavy atom. The minimum absolute atomic E-state index is 0.0596. The molecule has 3 nitrogen and oxygen atoms in total. The van der Waals surface area contributed by atoms with Crippen LogP contribution in [0.15, 0.2) is 30.3 Å². The summed E-state index contributed by atoms with van der Waals surface area (Å²) in [6, 6.07) is 10.0. The molecule has 0 saturated heterocycles. The first kappa shape index (κ1) is 16.6. The molecule has 1 aromatic heterocycles. The maximum atomic E-state index is 13.0. The average molecular weight is 316 g/mol. The predicted molar refractivity (Wildman–Crippen MR) is 95.4 cm³/mol. The monoisotopic (exact) mass is 316 g/mol. The summed E-state index contributed by atoms with van der Waals surface area (Å²) in [5, 5.41) is 0.624. The van der Waals surface area contributed by atoms with Gasteiger partial charge in [0.1, 0.15) is 0 Å². The number of thiophene rings is 1. The van der Waals surface area contributed by atoms with Crippen molar-refractivity contribution in [2.24, 2.45) is 0 Å². The van der Waals surface area contributed by atoms with Crippen molar-refractivity contribution in [1.29, 1.82) is 0 Å². The number of anilines is 1. The average Bonchev–Trinajstić information content (AvgIpc) is 2.81. The first-order chi connectivity index (χ1) is 10.6. The van der Waals surface area contributed by atoms with Crippen molar-refractivity contribution in [3.63, 3.8) is 0 Å². The summed E-state index contributed by atoms with van der Waals surface area (Å²) in [5.41, 5.74) is 8.91. The van der Waals surface area contributed by atoms with E-state index in [0.717, 1.165) is 41.9 Å². The Kier molecular flexibility index (Phi) is 5.61. The molecular formula is C18H24N2OS. The molecule has 1 aromatic carbocycles. The number of nitrogen functional groups attached to an aromatic ring is 1. The van der Waals surface area contributed by atoms with Crippen LogP contribution in [0, 0.1) is 6.92 Å². The van der Waals surface area contributed by atoms with E-state index in [1.165, 1.54) is 11.3 Å². The second-order valence-corrected chi connectivity index (χ2v) is 6.69. The third-order valence-corrected chi connectivity index (χ3v) is 4.60.